The number of carbonyl (C=O) groups excluding carboxylic acids is 1. The predicted molar refractivity (Wildman–Crippen MR) is 78.0 cm³/mol. The maximum atomic E-state index is 11.7. The number of ether oxygens (including phenoxy) is 1. The molecule has 0 aromatic rings. The topological polar surface area (TPSA) is 78.9 Å². The van der Waals surface area contributed by atoms with E-state index in [0.29, 0.717) is 31.6 Å². The van der Waals surface area contributed by atoms with E-state index >= 15 is 0 Å². The highest BCUT2D eigenvalue weighted by Crippen LogP contribution is 2.33. The first-order valence-corrected chi connectivity index (χ1v) is 7.91. The Balaban J connectivity index is 1.65. The third kappa shape index (κ3) is 5.63. The molecule has 0 atom stereocenters. The van der Waals surface area contributed by atoms with Gasteiger partial charge in [0.25, 0.3) is 0 Å². The van der Waals surface area contributed by atoms with Crippen LogP contribution in [0.1, 0.15) is 39.0 Å². The number of hydrogen-bond acceptors (Lipinski definition) is 4. The number of carboxylic acid groups (broad SMARTS) is 1. The Hall–Kier alpha value is -1.14. The summed E-state index contributed by atoms with van der Waals surface area (Å²) in [5.74, 6) is -0.0529. The zero-order valence-corrected chi connectivity index (χ0v) is 12.7. The number of carbonyl (C=O) groups is 2. The molecule has 21 heavy (non-hydrogen) atoms. The molecule has 0 radical (unpaired) electrons. The standard InChI is InChI=1S/C15H26N2O4/c1-2-21-6-5-14(18)16-12-7-13(8-12)17(10-15(19)20)9-11-3-4-11/h11-13H,2-10H2,1H3,(H,16,18)(H,19,20). The highest BCUT2D eigenvalue weighted by molar-refractivity contribution is 5.76. The third-order valence-corrected chi connectivity index (χ3v) is 4.20. The molecule has 1 amide bonds. The summed E-state index contributed by atoms with van der Waals surface area (Å²) in [5, 5.41) is 12.0. The molecule has 2 fully saturated rings. The Morgan fingerprint density at radius 3 is 2.62 bits per heavy atom. The number of carboxylic acids is 1. The summed E-state index contributed by atoms with van der Waals surface area (Å²) in [5.41, 5.74) is 0. The molecule has 2 aliphatic rings. The van der Waals surface area contributed by atoms with Gasteiger partial charge in [-0.15, -0.1) is 0 Å². The van der Waals surface area contributed by atoms with Gasteiger partial charge in [0.15, 0.2) is 0 Å². The van der Waals surface area contributed by atoms with Gasteiger partial charge < -0.3 is 15.2 Å². The van der Waals surface area contributed by atoms with Gasteiger partial charge in [0.1, 0.15) is 0 Å². The fourth-order valence-electron chi connectivity index (χ4n) is 2.76. The molecule has 0 saturated heterocycles. The Labute approximate surface area is 125 Å². The maximum absolute atomic E-state index is 11.7. The van der Waals surface area contributed by atoms with Crippen molar-refractivity contribution in [2.24, 2.45) is 5.92 Å². The van der Waals surface area contributed by atoms with Crippen LogP contribution in [0.5, 0.6) is 0 Å². The average Bonchev–Trinajstić information content (AvgIpc) is 3.16. The van der Waals surface area contributed by atoms with Gasteiger partial charge in [0.2, 0.25) is 5.91 Å². The minimum Gasteiger partial charge on any atom is -0.480 e. The fourth-order valence-corrected chi connectivity index (χ4v) is 2.76. The molecular formula is C15H26N2O4. The van der Waals surface area contributed by atoms with Crippen LogP contribution in [0, 0.1) is 5.92 Å². The first-order valence-electron chi connectivity index (χ1n) is 7.91. The van der Waals surface area contributed by atoms with Crippen molar-refractivity contribution in [3.63, 3.8) is 0 Å². The van der Waals surface area contributed by atoms with Gasteiger partial charge in [0, 0.05) is 31.7 Å². The van der Waals surface area contributed by atoms with Crippen LogP contribution in [-0.2, 0) is 14.3 Å². The predicted octanol–water partition coefficient (Wildman–Crippen LogP) is 0.857. The van der Waals surface area contributed by atoms with E-state index in [-0.39, 0.29) is 18.5 Å². The summed E-state index contributed by atoms with van der Waals surface area (Å²) in [7, 11) is 0. The lowest BCUT2D eigenvalue weighted by Crippen LogP contribution is -2.55. The summed E-state index contributed by atoms with van der Waals surface area (Å²) in [6.07, 6.45) is 4.57. The zero-order valence-electron chi connectivity index (χ0n) is 12.7. The number of nitrogens with one attached hydrogen (secondary N) is 1. The molecule has 2 rings (SSSR count). The van der Waals surface area contributed by atoms with Crippen LogP contribution >= 0.6 is 0 Å². The normalized spacial score (nSPS) is 24.7. The second-order valence-electron chi connectivity index (χ2n) is 6.10. The summed E-state index contributed by atoms with van der Waals surface area (Å²) in [6.45, 7) is 4.01. The van der Waals surface area contributed by atoms with Crippen LogP contribution in [-0.4, -0.2) is 60.3 Å². The van der Waals surface area contributed by atoms with Crippen LogP contribution in [0.4, 0.5) is 0 Å². The minimum atomic E-state index is -0.764. The van der Waals surface area contributed by atoms with Gasteiger partial charge in [0.05, 0.1) is 13.2 Å². The van der Waals surface area contributed by atoms with Gasteiger partial charge in [-0.2, -0.15) is 0 Å². The van der Waals surface area contributed by atoms with E-state index in [0.717, 1.165) is 19.4 Å². The molecule has 0 bridgehead atoms. The molecule has 0 spiro atoms. The first-order chi connectivity index (χ1) is 10.1. The Morgan fingerprint density at radius 1 is 1.33 bits per heavy atom. The highest BCUT2D eigenvalue weighted by Gasteiger charge is 2.37. The molecule has 6 heteroatoms. The smallest absolute Gasteiger partial charge is 0.317 e. The quantitative estimate of drug-likeness (QED) is 0.585. The van der Waals surface area contributed by atoms with E-state index < -0.39 is 5.97 Å². The molecule has 2 N–H and O–H groups in total. The molecule has 6 nitrogen and oxygen atoms in total. The SMILES string of the molecule is CCOCCC(=O)NC1CC(N(CC(=O)O)CC2CC2)C1. The first kappa shape index (κ1) is 16.2. The fraction of sp³-hybridized carbons (Fsp3) is 0.867. The van der Waals surface area contributed by atoms with E-state index in [2.05, 4.69) is 10.2 Å². The van der Waals surface area contributed by atoms with Gasteiger partial charge >= 0.3 is 5.97 Å². The number of rotatable bonds is 10. The maximum Gasteiger partial charge on any atom is 0.317 e. The molecule has 2 aliphatic carbocycles. The van der Waals surface area contributed by atoms with E-state index in [1.807, 2.05) is 6.92 Å². The van der Waals surface area contributed by atoms with E-state index in [4.69, 9.17) is 9.84 Å². The molecule has 0 aromatic heterocycles. The van der Waals surface area contributed by atoms with Crippen molar-refractivity contribution in [3.8, 4) is 0 Å². The summed E-state index contributed by atoms with van der Waals surface area (Å²) in [4.78, 5) is 24.7. The van der Waals surface area contributed by atoms with E-state index in [9.17, 15) is 9.59 Å². The third-order valence-electron chi connectivity index (χ3n) is 4.20. The van der Waals surface area contributed by atoms with E-state index in [1.165, 1.54) is 12.8 Å². The van der Waals surface area contributed by atoms with Gasteiger partial charge in [-0.1, -0.05) is 0 Å². The molecule has 0 unspecified atom stereocenters. The number of hydrogen-bond donors (Lipinski definition) is 2. The van der Waals surface area contributed by atoms with Crippen LogP contribution in [0.25, 0.3) is 0 Å². The lowest BCUT2D eigenvalue weighted by atomic mass is 9.85. The van der Waals surface area contributed by atoms with Crippen LogP contribution in [0.2, 0.25) is 0 Å². The van der Waals surface area contributed by atoms with Crippen molar-refractivity contribution in [2.75, 3.05) is 26.3 Å². The van der Waals surface area contributed by atoms with Crippen molar-refractivity contribution >= 4 is 11.9 Å². The van der Waals surface area contributed by atoms with Gasteiger partial charge in [-0.3, -0.25) is 14.5 Å². The Kier molecular flexibility index (Phi) is 5.99. The van der Waals surface area contributed by atoms with Crippen LogP contribution in [0.15, 0.2) is 0 Å². The largest absolute Gasteiger partial charge is 0.480 e. The monoisotopic (exact) mass is 298 g/mol. The molecule has 0 aliphatic heterocycles. The van der Waals surface area contributed by atoms with Crippen molar-refractivity contribution in [1.82, 2.24) is 10.2 Å². The lowest BCUT2D eigenvalue weighted by Gasteiger charge is -2.42. The summed E-state index contributed by atoms with van der Waals surface area (Å²) >= 11 is 0. The Bertz CT molecular complexity index is 365. The second-order valence-corrected chi connectivity index (χ2v) is 6.10. The second kappa shape index (κ2) is 7.75. The van der Waals surface area contributed by atoms with Crippen LogP contribution in [0.3, 0.4) is 0 Å². The molecule has 120 valence electrons. The molecule has 0 heterocycles. The number of nitrogens with zero attached hydrogens (tertiary/aromatic N) is 1. The molecule has 2 saturated carbocycles. The van der Waals surface area contributed by atoms with Crippen molar-refractivity contribution < 1.29 is 19.4 Å². The van der Waals surface area contributed by atoms with Gasteiger partial charge in [-0.25, -0.2) is 0 Å². The summed E-state index contributed by atoms with van der Waals surface area (Å²) < 4.78 is 5.16. The molecule has 0 aromatic carbocycles. The number of amides is 1. The van der Waals surface area contributed by atoms with Crippen molar-refractivity contribution in [3.05, 3.63) is 0 Å². The Morgan fingerprint density at radius 2 is 2.05 bits per heavy atom. The van der Waals surface area contributed by atoms with Crippen molar-refractivity contribution in [1.29, 1.82) is 0 Å². The highest BCUT2D eigenvalue weighted by atomic mass is 16.5. The number of aliphatic carboxylic acids is 1. The average molecular weight is 298 g/mol. The van der Waals surface area contributed by atoms with Crippen molar-refractivity contribution in [2.45, 2.75) is 51.1 Å². The molecular weight excluding hydrogens is 272 g/mol. The zero-order chi connectivity index (χ0) is 15.2. The lowest BCUT2D eigenvalue weighted by molar-refractivity contribution is -0.140. The van der Waals surface area contributed by atoms with Crippen LogP contribution < -0.4 is 5.32 Å². The summed E-state index contributed by atoms with van der Waals surface area (Å²) in [6, 6.07) is 0.499. The van der Waals surface area contributed by atoms with E-state index in [1.54, 1.807) is 0 Å². The van der Waals surface area contributed by atoms with Gasteiger partial charge in [-0.05, 0) is 38.5 Å². The minimum absolute atomic E-state index is 0.0267.